The van der Waals surface area contributed by atoms with Crippen LogP contribution >= 0.6 is 0 Å². The predicted molar refractivity (Wildman–Crippen MR) is 82.2 cm³/mol. The summed E-state index contributed by atoms with van der Waals surface area (Å²) in [5.74, 6) is 2.16. The van der Waals surface area contributed by atoms with Crippen molar-refractivity contribution in [3.8, 4) is 0 Å². The van der Waals surface area contributed by atoms with Crippen molar-refractivity contribution in [3.05, 3.63) is 41.8 Å². The van der Waals surface area contributed by atoms with Gasteiger partial charge in [-0.05, 0) is 31.9 Å². The van der Waals surface area contributed by atoms with Gasteiger partial charge in [-0.25, -0.2) is 4.98 Å². The summed E-state index contributed by atoms with van der Waals surface area (Å²) in [5.41, 5.74) is 8.02. The van der Waals surface area contributed by atoms with Crippen LogP contribution in [0, 0.1) is 6.92 Å². The molecule has 0 saturated heterocycles. The number of para-hydroxylation sites is 2. The molecule has 6 heteroatoms. The van der Waals surface area contributed by atoms with E-state index in [0.29, 0.717) is 18.3 Å². The number of nitrogens with two attached hydrogens (primary N) is 1. The van der Waals surface area contributed by atoms with Crippen LogP contribution in [0.25, 0.3) is 11.0 Å². The van der Waals surface area contributed by atoms with Gasteiger partial charge in [-0.1, -0.05) is 30.1 Å². The third kappa shape index (κ3) is 2.11. The van der Waals surface area contributed by atoms with E-state index >= 15 is 0 Å². The second-order valence-corrected chi connectivity index (χ2v) is 6.11. The molecule has 0 atom stereocenters. The van der Waals surface area contributed by atoms with Crippen molar-refractivity contribution in [3.63, 3.8) is 0 Å². The number of benzene rings is 1. The van der Waals surface area contributed by atoms with Gasteiger partial charge in [0, 0.05) is 0 Å². The normalized spacial score (nSPS) is 17.4. The van der Waals surface area contributed by atoms with Crippen LogP contribution in [0.5, 0.6) is 0 Å². The van der Waals surface area contributed by atoms with Crippen molar-refractivity contribution >= 4 is 11.0 Å². The summed E-state index contributed by atoms with van der Waals surface area (Å²) in [6.45, 7) is 2.51. The van der Waals surface area contributed by atoms with Gasteiger partial charge in [-0.2, -0.15) is 4.98 Å². The molecule has 1 aromatic carbocycles. The smallest absolute Gasteiger partial charge is 0.246 e. The minimum Gasteiger partial charge on any atom is -0.337 e. The maximum absolute atomic E-state index is 6.38. The molecule has 114 valence electrons. The van der Waals surface area contributed by atoms with Crippen LogP contribution in [-0.4, -0.2) is 19.7 Å². The number of fused-ring (bicyclic) bond motifs is 1. The second kappa shape index (κ2) is 4.91. The first-order chi connectivity index (χ1) is 10.7. The van der Waals surface area contributed by atoms with E-state index in [1.807, 2.05) is 31.2 Å². The summed E-state index contributed by atoms with van der Waals surface area (Å²) in [4.78, 5) is 9.09. The quantitative estimate of drug-likeness (QED) is 0.803. The van der Waals surface area contributed by atoms with Gasteiger partial charge >= 0.3 is 0 Å². The molecule has 0 aliphatic heterocycles. The first-order valence-electron chi connectivity index (χ1n) is 7.69. The van der Waals surface area contributed by atoms with Gasteiger partial charge in [0.1, 0.15) is 12.4 Å². The van der Waals surface area contributed by atoms with E-state index in [4.69, 9.17) is 10.3 Å². The third-order valence-electron chi connectivity index (χ3n) is 4.55. The SMILES string of the molecule is Cc1nc2ccccc2n1Cc1nc(C2(N)CCCC2)no1. The fourth-order valence-electron chi connectivity index (χ4n) is 3.28. The zero-order valence-corrected chi connectivity index (χ0v) is 12.6. The van der Waals surface area contributed by atoms with Crippen LogP contribution in [0.15, 0.2) is 28.8 Å². The molecular weight excluding hydrogens is 278 g/mol. The molecule has 6 nitrogen and oxygen atoms in total. The molecule has 3 aromatic rings. The van der Waals surface area contributed by atoms with Gasteiger partial charge in [0.15, 0.2) is 5.82 Å². The molecule has 1 aliphatic rings. The Morgan fingerprint density at radius 2 is 2.00 bits per heavy atom. The molecule has 0 unspecified atom stereocenters. The molecule has 1 saturated carbocycles. The van der Waals surface area contributed by atoms with Crippen molar-refractivity contribution < 1.29 is 4.52 Å². The maximum atomic E-state index is 6.38. The Balaban J connectivity index is 1.66. The minimum atomic E-state index is -0.409. The maximum Gasteiger partial charge on any atom is 0.246 e. The fourth-order valence-corrected chi connectivity index (χ4v) is 3.28. The molecule has 0 spiro atoms. The van der Waals surface area contributed by atoms with Gasteiger partial charge in [0.05, 0.1) is 16.6 Å². The molecule has 2 heterocycles. The van der Waals surface area contributed by atoms with Crippen LogP contribution < -0.4 is 5.73 Å². The van der Waals surface area contributed by atoms with Crippen LogP contribution in [0.2, 0.25) is 0 Å². The third-order valence-corrected chi connectivity index (χ3v) is 4.55. The standard InChI is InChI=1S/C16H19N5O/c1-11-18-12-6-2-3-7-13(12)21(11)10-14-19-15(20-22-14)16(17)8-4-5-9-16/h2-3,6-7H,4-5,8-10,17H2,1H3. The lowest BCUT2D eigenvalue weighted by molar-refractivity contribution is 0.344. The van der Waals surface area contributed by atoms with Gasteiger partial charge in [-0.15, -0.1) is 0 Å². The number of rotatable bonds is 3. The molecule has 1 fully saturated rings. The topological polar surface area (TPSA) is 82.8 Å². The highest BCUT2D eigenvalue weighted by atomic mass is 16.5. The lowest BCUT2D eigenvalue weighted by Gasteiger charge is -2.17. The van der Waals surface area contributed by atoms with Crippen molar-refractivity contribution in [2.24, 2.45) is 5.73 Å². The highest BCUT2D eigenvalue weighted by molar-refractivity contribution is 5.75. The number of hydrogen-bond donors (Lipinski definition) is 1. The average molecular weight is 297 g/mol. The Morgan fingerprint density at radius 1 is 1.23 bits per heavy atom. The van der Waals surface area contributed by atoms with E-state index in [0.717, 1.165) is 42.5 Å². The van der Waals surface area contributed by atoms with E-state index in [1.54, 1.807) is 0 Å². The lowest BCUT2D eigenvalue weighted by atomic mass is 9.99. The van der Waals surface area contributed by atoms with E-state index < -0.39 is 5.54 Å². The molecule has 0 bridgehead atoms. The zero-order chi connectivity index (χ0) is 15.2. The predicted octanol–water partition coefficient (Wildman–Crippen LogP) is 2.50. The largest absolute Gasteiger partial charge is 0.337 e. The number of imidazole rings is 1. The summed E-state index contributed by atoms with van der Waals surface area (Å²) in [6.07, 6.45) is 4.12. The van der Waals surface area contributed by atoms with Crippen LogP contribution in [-0.2, 0) is 12.1 Å². The van der Waals surface area contributed by atoms with Crippen molar-refractivity contribution in [2.75, 3.05) is 0 Å². The molecule has 22 heavy (non-hydrogen) atoms. The molecular formula is C16H19N5O. The van der Waals surface area contributed by atoms with Gasteiger partial charge in [-0.3, -0.25) is 0 Å². The first-order valence-corrected chi connectivity index (χ1v) is 7.69. The summed E-state index contributed by atoms with van der Waals surface area (Å²) >= 11 is 0. The van der Waals surface area contributed by atoms with Crippen molar-refractivity contribution in [1.82, 2.24) is 19.7 Å². The van der Waals surface area contributed by atoms with Gasteiger partial charge < -0.3 is 14.8 Å². The Morgan fingerprint density at radius 3 is 2.82 bits per heavy atom. The van der Waals surface area contributed by atoms with E-state index in [1.165, 1.54) is 0 Å². The van der Waals surface area contributed by atoms with Crippen molar-refractivity contribution in [1.29, 1.82) is 0 Å². The second-order valence-electron chi connectivity index (χ2n) is 6.11. The Bertz CT molecular complexity index is 813. The van der Waals surface area contributed by atoms with Gasteiger partial charge in [0.25, 0.3) is 0 Å². The highest BCUT2D eigenvalue weighted by Crippen LogP contribution is 2.34. The summed E-state index contributed by atoms with van der Waals surface area (Å²) < 4.78 is 7.52. The molecule has 0 radical (unpaired) electrons. The minimum absolute atomic E-state index is 0.409. The number of nitrogens with zero attached hydrogens (tertiary/aromatic N) is 4. The number of aryl methyl sites for hydroxylation is 1. The molecule has 2 aromatic heterocycles. The lowest BCUT2D eigenvalue weighted by Crippen LogP contribution is -2.34. The average Bonchev–Trinajstić information content (AvgIpc) is 3.21. The number of aromatic nitrogens is 4. The van der Waals surface area contributed by atoms with E-state index in [2.05, 4.69) is 19.7 Å². The monoisotopic (exact) mass is 297 g/mol. The molecule has 0 amide bonds. The van der Waals surface area contributed by atoms with Gasteiger partial charge in [0.2, 0.25) is 5.89 Å². The highest BCUT2D eigenvalue weighted by Gasteiger charge is 2.36. The Kier molecular flexibility index (Phi) is 3.00. The van der Waals surface area contributed by atoms with Crippen LogP contribution in [0.1, 0.15) is 43.2 Å². The summed E-state index contributed by atoms with van der Waals surface area (Å²) in [7, 11) is 0. The first kappa shape index (κ1) is 13.5. The van der Waals surface area contributed by atoms with Crippen molar-refractivity contribution in [2.45, 2.75) is 44.7 Å². The molecule has 4 rings (SSSR count). The Hall–Kier alpha value is -2.21. The molecule has 2 N–H and O–H groups in total. The fraction of sp³-hybridized carbons (Fsp3) is 0.438. The Labute approximate surface area is 128 Å². The van der Waals surface area contributed by atoms with Crippen LogP contribution in [0.4, 0.5) is 0 Å². The summed E-state index contributed by atoms with van der Waals surface area (Å²) in [6, 6.07) is 8.05. The van der Waals surface area contributed by atoms with E-state index in [9.17, 15) is 0 Å². The molecule has 1 aliphatic carbocycles. The number of hydrogen-bond acceptors (Lipinski definition) is 5. The zero-order valence-electron chi connectivity index (χ0n) is 12.6. The van der Waals surface area contributed by atoms with Crippen LogP contribution in [0.3, 0.4) is 0 Å². The summed E-state index contributed by atoms with van der Waals surface area (Å²) in [5, 5.41) is 4.12. The van der Waals surface area contributed by atoms with E-state index in [-0.39, 0.29) is 0 Å².